The van der Waals surface area contributed by atoms with E-state index in [9.17, 15) is 15.2 Å². The number of nitrogens with zero attached hydrogens (tertiary/aromatic N) is 2. The van der Waals surface area contributed by atoms with Crippen LogP contribution in [0.1, 0.15) is 16.0 Å². The van der Waals surface area contributed by atoms with Gasteiger partial charge in [0.05, 0.1) is 7.11 Å². The van der Waals surface area contributed by atoms with Crippen LogP contribution in [0.3, 0.4) is 0 Å². The van der Waals surface area contributed by atoms with Gasteiger partial charge in [-0.3, -0.25) is 10.1 Å². The van der Waals surface area contributed by atoms with Crippen molar-refractivity contribution < 1.29 is 14.6 Å². The topological polar surface area (TPSA) is 95.2 Å². The largest absolute Gasteiger partial charge is 0.504 e. The van der Waals surface area contributed by atoms with Crippen LogP contribution in [-0.2, 0) is 11.2 Å². The predicted octanol–water partition coefficient (Wildman–Crippen LogP) is 4.65. The molecule has 0 fully saturated rings. The molecule has 2 aromatic carbocycles. The van der Waals surface area contributed by atoms with Crippen LogP contribution in [0.2, 0.25) is 5.02 Å². The van der Waals surface area contributed by atoms with Crippen LogP contribution in [0.5, 0.6) is 11.5 Å². The fourth-order valence-electron chi connectivity index (χ4n) is 2.51. The van der Waals surface area contributed by atoms with Crippen molar-refractivity contribution in [3.05, 3.63) is 75.3 Å². The molecule has 8 heteroatoms. The van der Waals surface area contributed by atoms with Gasteiger partial charge in [-0.05, 0) is 41.5 Å². The van der Waals surface area contributed by atoms with Gasteiger partial charge in [0.25, 0.3) is 5.91 Å². The number of anilines is 1. The van der Waals surface area contributed by atoms with Gasteiger partial charge in [0, 0.05) is 22.5 Å². The molecular formula is C21H16ClN3O3S. The molecule has 6 nitrogen and oxygen atoms in total. The number of hydrogen-bond donors (Lipinski definition) is 2. The first-order valence-electron chi connectivity index (χ1n) is 8.48. The van der Waals surface area contributed by atoms with Crippen LogP contribution in [-0.4, -0.2) is 23.1 Å². The molecule has 0 saturated heterocycles. The molecule has 0 aliphatic heterocycles. The van der Waals surface area contributed by atoms with Crippen molar-refractivity contribution in [1.82, 2.24) is 4.98 Å². The van der Waals surface area contributed by atoms with E-state index in [0.29, 0.717) is 22.1 Å². The SMILES string of the molecule is COc1cc(/C=C(\C#N)C(=O)Nc2ncc(Cc3ccc(Cl)cc3)s2)ccc1O. The Morgan fingerprint density at radius 3 is 2.79 bits per heavy atom. The average Bonchev–Trinajstić information content (AvgIpc) is 3.15. The lowest BCUT2D eigenvalue weighted by Gasteiger charge is -2.04. The van der Waals surface area contributed by atoms with E-state index in [-0.39, 0.29) is 17.1 Å². The van der Waals surface area contributed by atoms with Gasteiger partial charge in [-0.15, -0.1) is 11.3 Å². The molecule has 0 atom stereocenters. The summed E-state index contributed by atoms with van der Waals surface area (Å²) in [6.45, 7) is 0. The smallest absolute Gasteiger partial charge is 0.268 e. The van der Waals surface area contributed by atoms with E-state index in [1.165, 1.54) is 36.7 Å². The molecule has 1 amide bonds. The molecule has 0 aliphatic rings. The predicted molar refractivity (Wildman–Crippen MR) is 113 cm³/mol. The maximum Gasteiger partial charge on any atom is 0.268 e. The van der Waals surface area contributed by atoms with Gasteiger partial charge in [-0.25, -0.2) is 4.98 Å². The molecule has 0 bridgehead atoms. The van der Waals surface area contributed by atoms with Crippen molar-refractivity contribution in [3.8, 4) is 17.6 Å². The number of halogens is 1. The molecule has 146 valence electrons. The summed E-state index contributed by atoms with van der Waals surface area (Å²) in [5.74, 6) is -0.334. The van der Waals surface area contributed by atoms with Crippen LogP contribution in [0.25, 0.3) is 6.08 Å². The number of methoxy groups -OCH3 is 1. The second-order valence-electron chi connectivity index (χ2n) is 5.99. The third kappa shape index (κ3) is 5.35. The number of benzene rings is 2. The Kier molecular flexibility index (Phi) is 6.50. The van der Waals surface area contributed by atoms with Crippen molar-refractivity contribution >= 4 is 40.1 Å². The highest BCUT2D eigenvalue weighted by atomic mass is 35.5. The first kappa shape index (κ1) is 20.4. The minimum Gasteiger partial charge on any atom is -0.504 e. The third-order valence-electron chi connectivity index (χ3n) is 3.95. The van der Waals surface area contributed by atoms with E-state index in [0.717, 1.165) is 10.4 Å². The van der Waals surface area contributed by atoms with E-state index in [1.807, 2.05) is 30.3 Å². The fourth-order valence-corrected chi connectivity index (χ4v) is 3.48. The quantitative estimate of drug-likeness (QED) is 0.442. The second kappa shape index (κ2) is 9.24. The van der Waals surface area contributed by atoms with Crippen molar-refractivity contribution in [1.29, 1.82) is 5.26 Å². The third-order valence-corrected chi connectivity index (χ3v) is 5.11. The van der Waals surface area contributed by atoms with Crippen LogP contribution in [0.15, 0.2) is 54.2 Å². The first-order chi connectivity index (χ1) is 14.0. The Bertz CT molecular complexity index is 1100. The number of amides is 1. The molecule has 3 aromatic rings. The van der Waals surface area contributed by atoms with Crippen molar-refractivity contribution in [2.24, 2.45) is 0 Å². The monoisotopic (exact) mass is 425 g/mol. The Morgan fingerprint density at radius 2 is 2.10 bits per heavy atom. The molecule has 29 heavy (non-hydrogen) atoms. The zero-order chi connectivity index (χ0) is 20.8. The first-order valence-corrected chi connectivity index (χ1v) is 9.67. The van der Waals surface area contributed by atoms with Gasteiger partial charge < -0.3 is 9.84 Å². The number of nitrogens with one attached hydrogen (secondary N) is 1. The van der Waals surface area contributed by atoms with Gasteiger partial charge in [0.1, 0.15) is 11.6 Å². The Hall–Kier alpha value is -3.34. The molecule has 0 spiro atoms. The van der Waals surface area contributed by atoms with Gasteiger partial charge in [-0.2, -0.15) is 5.26 Å². The maximum atomic E-state index is 12.4. The van der Waals surface area contributed by atoms with E-state index < -0.39 is 5.91 Å². The van der Waals surface area contributed by atoms with Crippen molar-refractivity contribution in [2.75, 3.05) is 12.4 Å². The Balaban J connectivity index is 1.71. The van der Waals surface area contributed by atoms with Gasteiger partial charge in [0.15, 0.2) is 16.6 Å². The number of carbonyl (C=O) groups is 1. The highest BCUT2D eigenvalue weighted by Gasteiger charge is 2.13. The number of rotatable bonds is 6. The number of aromatic nitrogens is 1. The fraction of sp³-hybridized carbons (Fsp3) is 0.0952. The highest BCUT2D eigenvalue weighted by Crippen LogP contribution is 2.27. The number of phenols is 1. The molecular weight excluding hydrogens is 410 g/mol. The summed E-state index contributed by atoms with van der Waals surface area (Å²) in [5.41, 5.74) is 1.54. The standard InChI is InChI=1S/C21H16ClN3O3S/c1-28-19-10-14(4-7-18(19)26)8-15(11-23)20(27)25-21-24-12-17(29-21)9-13-2-5-16(22)6-3-13/h2-8,10,12,26H,9H2,1H3,(H,24,25,27)/b15-8+. The summed E-state index contributed by atoms with van der Waals surface area (Å²) >= 11 is 7.23. The van der Waals surface area contributed by atoms with E-state index in [4.69, 9.17) is 16.3 Å². The maximum absolute atomic E-state index is 12.4. The van der Waals surface area contributed by atoms with E-state index >= 15 is 0 Å². The zero-order valence-corrected chi connectivity index (χ0v) is 16.9. The Morgan fingerprint density at radius 1 is 1.34 bits per heavy atom. The lowest BCUT2D eigenvalue weighted by atomic mass is 10.1. The van der Waals surface area contributed by atoms with Gasteiger partial charge >= 0.3 is 0 Å². The van der Waals surface area contributed by atoms with Crippen LogP contribution >= 0.6 is 22.9 Å². The average molecular weight is 426 g/mol. The van der Waals surface area contributed by atoms with Crippen LogP contribution < -0.4 is 10.1 Å². The number of ether oxygens (including phenoxy) is 1. The molecule has 3 rings (SSSR count). The van der Waals surface area contributed by atoms with Crippen LogP contribution in [0.4, 0.5) is 5.13 Å². The molecule has 0 aliphatic carbocycles. The molecule has 0 radical (unpaired) electrons. The Labute approximate surface area is 176 Å². The van der Waals surface area contributed by atoms with Gasteiger partial charge in [0.2, 0.25) is 0 Å². The van der Waals surface area contributed by atoms with Crippen LogP contribution in [0, 0.1) is 11.3 Å². The summed E-state index contributed by atoms with van der Waals surface area (Å²) in [6, 6.07) is 13.9. The van der Waals surface area contributed by atoms with Crippen molar-refractivity contribution in [2.45, 2.75) is 6.42 Å². The number of hydrogen-bond acceptors (Lipinski definition) is 6. The number of thiazole rings is 1. The van der Waals surface area contributed by atoms with Gasteiger partial charge in [-0.1, -0.05) is 29.8 Å². The van der Waals surface area contributed by atoms with E-state index in [2.05, 4.69) is 10.3 Å². The summed E-state index contributed by atoms with van der Waals surface area (Å²) in [4.78, 5) is 17.6. The molecule has 1 heterocycles. The lowest BCUT2D eigenvalue weighted by Crippen LogP contribution is -2.13. The molecule has 0 saturated carbocycles. The van der Waals surface area contributed by atoms with E-state index in [1.54, 1.807) is 12.3 Å². The molecule has 2 N–H and O–H groups in total. The minimum atomic E-state index is -0.563. The number of nitriles is 1. The summed E-state index contributed by atoms with van der Waals surface area (Å²) in [5, 5.41) is 22.7. The zero-order valence-electron chi connectivity index (χ0n) is 15.3. The lowest BCUT2D eigenvalue weighted by molar-refractivity contribution is -0.112. The normalized spacial score (nSPS) is 11.0. The number of phenolic OH excluding ortho intramolecular Hbond substituents is 1. The summed E-state index contributed by atoms with van der Waals surface area (Å²) < 4.78 is 5.04. The highest BCUT2D eigenvalue weighted by molar-refractivity contribution is 7.15. The molecule has 0 unspecified atom stereocenters. The number of carbonyl (C=O) groups excluding carboxylic acids is 1. The van der Waals surface area contributed by atoms with Crippen molar-refractivity contribution in [3.63, 3.8) is 0 Å². The molecule has 1 aromatic heterocycles. The summed E-state index contributed by atoms with van der Waals surface area (Å²) in [6.07, 6.45) is 3.77. The minimum absolute atomic E-state index is 0.0244. The summed E-state index contributed by atoms with van der Waals surface area (Å²) in [7, 11) is 1.42. The second-order valence-corrected chi connectivity index (χ2v) is 7.54. The number of aromatic hydroxyl groups is 1.